The summed E-state index contributed by atoms with van der Waals surface area (Å²) in [4.78, 5) is 16.7. The highest BCUT2D eigenvalue weighted by Crippen LogP contribution is 2.12. The topological polar surface area (TPSA) is 71.3 Å². The molecule has 3 heterocycles. The molecule has 1 aliphatic heterocycles. The number of amides is 1. The van der Waals surface area contributed by atoms with E-state index in [4.69, 9.17) is 0 Å². The van der Waals surface area contributed by atoms with Gasteiger partial charge < -0.3 is 10.6 Å². The van der Waals surface area contributed by atoms with Gasteiger partial charge in [0.05, 0.1) is 6.20 Å². The number of hydrogen-bond acceptors (Lipinski definition) is 4. The smallest absolute Gasteiger partial charge is 0.256 e. The largest absolute Gasteiger partial charge is 0.352 e. The third-order valence-corrected chi connectivity index (χ3v) is 3.96. The van der Waals surface area contributed by atoms with Crippen molar-refractivity contribution < 1.29 is 4.79 Å². The number of aryl methyl sites for hydroxylation is 2. The van der Waals surface area contributed by atoms with Crippen LogP contribution >= 0.6 is 0 Å². The zero-order valence-electron chi connectivity index (χ0n) is 12.5. The van der Waals surface area contributed by atoms with Crippen molar-refractivity contribution in [2.24, 2.45) is 0 Å². The van der Waals surface area contributed by atoms with Crippen LogP contribution in [-0.4, -0.2) is 39.6 Å². The van der Waals surface area contributed by atoms with Crippen molar-refractivity contribution in [2.45, 2.75) is 39.2 Å². The normalized spacial score (nSPS) is 18.3. The van der Waals surface area contributed by atoms with E-state index in [2.05, 4.69) is 20.7 Å². The van der Waals surface area contributed by atoms with Gasteiger partial charge >= 0.3 is 0 Å². The molecule has 2 aromatic heterocycles. The number of nitrogens with zero attached hydrogens (tertiary/aromatic N) is 3. The highest BCUT2D eigenvalue weighted by Gasteiger charge is 2.17. The SMILES string of the molecule is Cc1cc(C)n2ncc(C(=O)NCC[C@@H]3CCCN3)c2n1. The van der Waals surface area contributed by atoms with Gasteiger partial charge in [0.2, 0.25) is 0 Å². The summed E-state index contributed by atoms with van der Waals surface area (Å²) in [7, 11) is 0. The quantitative estimate of drug-likeness (QED) is 0.887. The fourth-order valence-electron chi connectivity index (χ4n) is 2.89. The Hall–Kier alpha value is -1.95. The summed E-state index contributed by atoms with van der Waals surface area (Å²) in [6.45, 7) is 5.66. The van der Waals surface area contributed by atoms with Gasteiger partial charge in [-0.2, -0.15) is 5.10 Å². The molecule has 112 valence electrons. The molecule has 1 aliphatic rings. The molecule has 6 heteroatoms. The van der Waals surface area contributed by atoms with Gasteiger partial charge in [0.25, 0.3) is 5.91 Å². The lowest BCUT2D eigenvalue weighted by molar-refractivity contribution is 0.0954. The number of aromatic nitrogens is 3. The molecule has 0 radical (unpaired) electrons. The summed E-state index contributed by atoms with van der Waals surface area (Å²) in [6.07, 6.45) is 5.00. The molecule has 1 atom stereocenters. The van der Waals surface area contributed by atoms with Crippen molar-refractivity contribution in [3.8, 4) is 0 Å². The van der Waals surface area contributed by atoms with Gasteiger partial charge in [-0.05, 0) is 45.7 Å². The van der Waals surface area contributed by atoms with Crippen LogP contribution in [0, 0.1) is 13.8 Å². The van der Waals surface area contributed by atoms with E-state index in [1.165, 1.54) is 12.8 Å². The highest BCUT2D eigenvalue weighted by atomic mass is 16.1. The average Bonchev–Trinajstić information content (AvgIpc) is 3.07. The van der Waals surface area contributed by atoms with E-state index in [-0.39, 0.29) is 5.91 Å². The van der Waals surface area contributed by atoms with Gasteiger partial charge in [0.1, 0.15) is 5.56 Å². The molecule has 1 amide bonds. The molecule has 21 heavy (non-hydrogen) atoms. The summed E-state index contributed by atoms with van der Waals surface area (Å²) in [5.41, 5.74) is 3.04. The van der Waals surface area contributed by atoms with Crippen molar-refractivity contribution in [2.75, 3.05) is 13.1 Å². The first kappa shape index (κ1) is 14.0. The first-order chi connectivity index (χ1) is 10.1. The lowest BCUT2D eigenvalue weighted by Gasteiger charge is -2.10. The number of hydrogen-bond donors (Lipinski definition) is 2. The van der Waals surface area contributed by atoms with Gasteiger partial charge in [-0.25, -0.2) is 9.50 Å². The average molecular weight is 287 g/mol. The summed E-state index contributed by atoms with van der Waals surface area (Å²) in [5, 5.41) is 10.6. The van der Waals surface area contributed by atoms with Crippen LogP contribution in [0.3, 0.4) is 0 Å². The molecule has 1 fully saturated rings. The second-order valence-corrected chi connectivity index (χ2v) is 5.67. The van der Waals surface area contributed by atoms with Crippen molar-refractivity contribution in [3.63, 3.8) is 0 Å². The molecular weight excluding hydrogens is 266 g/mol. The molecule has 0 saturated carbocycles. The van der Waals surface area contributed by atoms with Gasteiger partial charge in [-0.3, -0.25) is 4.79 Å². The Balaban J connectivity index is 1.69. The Kier molecular flexibility index (Phi) is 3.88. The highest BCUT2D eigenvalue weighted by molar-refractivity contribution is 5.99. The van der Waals surface area contributed by atoms with Crippen LogP contribution in [-0.2, 0) is 0 Å². The zero-order chi connectivity index (χ0) is 14.8. The Morgan fingerprint density at radius 1 is 1.52 bits per heavy atom. The maximum absolute atomic E-state index is 12.3. The molecular formula is C15H21N5O. The van der Waals surface area contributed by atoms with Gasteiger partial charge in [-0.15, -0.1) is 0 Å². The number of fused-ring (bicyclic) bond motifs is 1. The van der Waals surface area contributed by atoms with Gasteiger partial charge in [0, 0.05) is 24.0 Å². The molecule has 1 saturated heterocycles. The van der Waals surface area contributed by atoms with Crippen molar-refractivity contribution in [1.29, 1.82) is 0 Å². The minimum atomic E-state index is -0.0968. The van der Waals surface area contributed by atoms with Gasteiger partial charge in [-0.1, -0.05) is 0 Å². The Labute approximate surface area is 123 Å². The minimum absolute atomic E-state index is 0.0968. The molecule has 0 aliphatic carbocycles. The standard InChI is InChI=1S/C15H21N5O/c1-10-8-11(2)20-14(19-10)13(9-18-20)15(21)17-7-5-12-4-3-6-16-12/h8-9,12,16H,3-7H2,1-2H3,(H,17,21)/t12-/m0/s1. The summed E-state index contributed by atoms with van der Waals surface area (Å²) in [6, 6.07) is 2.49. The molecule has 2 aromatic rings. The third-order valence-electron chi connectivity index (χ3n) is 3.96. The molecule has 0 aromatic carbocycles. The zero-order valence-corrected chi connectivity index (χ0v) is 12.5. The molecule has 0 bridgehead atoms. The molecule has 2 N–H and O–H groups in total. The lowest BCUT2D eigenvalue weighted by atomic mass is 10.1. The van der Waals surface area contributed by atoms with Crippen LogP contribution in [0.25, 0.3) is 5.65 Å². The summed E-state index contributed by atoms with van der Waals surface area (Å²) in [5.74, 6) is -0.0968. The lowest BCUT2D eigenvalue weighted by Crippen LogP contribution is -2.30. The summed E-state index contributed by atoms with van der Waals surface area (Å²) >= 11 is 0. The van der Waals surface area contributed by atoms with Crippen molar-refractivity contribution >= 4 is 11.6 Å². The number of carbonyl (C=O) groups excluding carboxylic acids is 1. The Bertz CT molecular complexity index is 657. The van der Waals surface area contributed by atoms with E-state index in [0.717, 1.165) is 24.4 Å². The van der Waals surface area contributed by atoms with Crippen LogP contribution in [0.5, 0.6) is 0 Å². The fourth-order valence-corrected chi connectivity index (χ4v) is 2.89. The second-order valence-electron chi connectivity index (χ2n) is 5.67. The Morgan fingerprint density at radius 2 is 2.38 bits per heavy atom. The van der Waals surface area contributed by atoms with E-state index >= 15 is 0 Å². The molecule has 3 rings (SSSR count). The van der Waals surface area contributed by atoms with Crippen LogP contribution in [0.15, 0.2) is 12.3 Å². The first-order valence-electron chi connectivity index (χ1n) is 7.49. The third kappa shape index (κ3) is 2.90. The summed E-state index contributed by atoms with van der Waals surface area (Å²) < 4.78 is 1.71. The van der Waals surface area contributed by atoms with Crippen LogP contribution in [0.1, 0.15) is 41.0 Å². The maximum atomic E-state index is 12.3. The van der Waals surface area contributed by atoms with Crippen molar-refractivity contribution in [1.82, 2.24) is 25.2 Å². The van der Waals surface area contributed by atoms with Crippen molar-refractivity contribution in [3.05, 3.63) is 29.2 Å². The number of nitrogens with one attached hydrogen (secondary N) is 2. The van der Waals surface area contributed by atoms with E-state index < -0.39 is 0 Å². The first-order valence-corrected chi connectivity index (χ1v) is 7.49. The predicted molar refractivity (Wildman–Crippen MR) is 80.4 cm³/mol. The maximum Gasteiger partial charge on any atom is 0.256 e. The molecule has 0 spiro atoms. The van der Waals surface area contributed by atoms with E-state index in [1.807, 2.05) is 19.9 Å². The minimum Gasteiger partial charge on any atom is -0.352 e. The fraction of sp³-hybridized carbons (Fsp3) is 0.533. The second kappa shape index (κ2) is 5.81. The predicted octanol–water partition coefficient (Wildman–Crippen LogP) is 1.22. The van der Waals surface area contributed by atoms with E-state index in [1.54, 1.807) is 10.7 Å². The van der Waals surface area contributed by atoms with Crippen LogP contribution in [0.2, 0.25) is 0 Å². The number of rotatable bonds is 4. The molecule has 0 unspecified atom stereocenters. The van der Waals surface area contributed by atoms with Gasteiger partial charge in [0.15, 0.2) is 5.65 Å². The van der Waals surface area contributed by atoms with E-state index in [9.17, 15) is 4.79 Å². The molecule has 6 nitrogen and oxygen atoms in total. The Morgan fingerprint density at radius 3 is 3.14 bits per heavy atom. The number of carbonyl (C=O) groups is 1. The monoisotopic (exact) mass is 287 g/mol. The van der Waals surface area contributed by atoms with E-state index in [0.29, 0.717) is 23.8 Å². The van der Waals surface area contributed by atoms with Crippen LogP contribution < -0.4 is 10.6 Å². The van der Waals surface area contributed by atoms with Crippen LogP contribution in [0.4, 0.5) is 0 Å².